The van der Waals surface area contributed by atoms with Crippen LogP contribution in [0.15, 0.2) is 27.8 Å². The zero-order valence-corrected chi connectivity index (χ0v) is 12.3. The molecule has 102 valence electrons. The molecule has 2 aliphatic carbocycles. The van der Waals surface area contributed by atoms with Crippen molar-refractivity contribution < 1.29 is 5.21 Å². The Morgan fingerprint density at radius 1 is 1.37 bits per heavy atom. The Morgan fingerprint density at radius 2 is 2.11 bits per heavy atom. The summed E-state index contributed by atoms with van der Waals surface area (Å²) in [6.07, 6.45) is 5.33. The minimum atomic E-state index is 0.138. The topological polar surface area (TPSA) is 61.9 Å². The van der Waals surface area contributed by atoms with Gasteiger partial charge in [-0.25, -0.2) is 0 Å². The van der Waals surface area contributed by atoms with E-state index >= 15 is 0 Å². The standard InChI is InChI=1S/C14H18BrN3O/c15-13-7-11(5-6-12(13)14(16)17-19)18(10-3-4-10)8-9-1-2-9/h5-7,9-10,19H,1-4,8H2,(H2,16,17). The van der Waals surface area contributed by atoms with Crippen LogP contribution < -0.4 is 10.6 Å². The zero-order valence-electron chi connectivity index (χ0n) is 10.7. The molecule has 3 rings (SSSR count). The van der Waals surface area contributed by atoms with Crippen molar-refractivity contribution in [2.45, 2.75) is 31.7 Å². The molecule has 0 unspecified atom stereocenters. The van der Waals surface area contributed by atoms with E-state index in [0.717, 1.165) is 16.0 Å². The fourth-order valence-corrected chi connectivity index (χ4v) is 2.94. The monoisotopic (exact) mass is 323 g/mol. The van der Waals surface area contributed by atoms with Gasteiger partial charge in [-0.1, -0.05) is 5.16 Å². The van der Waals surface area contributed by atoms with Gasteiger partial charge in [0.2, 0.25) is 0 Å². The van der Waals surface area contributed by atoms with Crippen LogP contribution in [0.1, 0.15) is 31.2 Å². The molecule has 0 atom stereocenters. The van der Waals surface area contributed by atoms with E-state index in [4.69, 9.17) is 10.9 Å². The number of benzene rings is 1. The van der Waals surface area contributed by atoms with Crippen molar-refractivity contribution in [3.63, 3.8) is 0 Å². The van der Waals surface area contributed by atoms with Crippen molar-refractivity contribution in [1.82, 2.24) is 0 Å². The van der Waals surface area contributed by atoms with E-state index in [-0.39, 0.29) is 5.84 Å². The Morgan fingerprint density at radius 3 is 2.63 bits per heavy atom. The highest BCUT2D eigenvalue weighted by molar-refractivity contribution is 9.10. The number of nitrogens with zero attached hydrogens (tertiary/aromatic N) is 2. The van der Waals surface area contributed by atoms with Crippen LogP contribution in [-0.4, -0.2) is 23.6 Å². The van der Waals surface area contributed by atoms with Crippen molar-refractivity contribution in [2.75, 3.05) is 11.4 Å². The van der Waals surface area contributed by atoms with Gasteiger partial charge in [-0.2, -0.15) is 0 Å². The maximum atomic E-state index is 8.75. The lowest BCUT2D eigenvalue weighted by molar-refractivity contribution is 0.318. The third-order valence-corrected chi connectivity index (χ3v) is 4.46. The van der Waals surface area contributed by atoms with E-state index in [1.165, 1.54) is 37.9 Å². The molecular formula is C14H18BrN3O. The summed E-state index contributed by atoms with van der Waals surface area (Å²) >= 11 is 3.51. The number of anilines is 1. The van der Waals surface area contributed by atoms with Gasteiger partial charge >= 0.3 is 0 Å². The van der Waals surface area contributed by atoms with E-state index in [1.54, 1.807) is 0 Å². The van der Waals surface area contributed by atoms with Crippen LogP contribution in [0, 0.1) is 5.92 Å². The first-order chi connectivity index (χ1) is 9.19. The second-order valence-electron chi connectivity index (χ2n) is 5.48. The minimum absolute atomic E-state index is 0.138. The summed E-state index contributed by atoms with van der Waals surface area (Å²) in [5, 5.41) is 11.8. The molecule has 0 amide bonds. The van der Waals surface area contributed by atoms with Crippen molar-refractivity contribution in [3.8, 4) is 0 Å². The van der Waals surface area contributed by atoms with E-state index in [9.17, 15) is 0 Å². The quantitative estimate of drug-likeness (QED) is 0.379. The molecule has 2 saturated carbocycles. The Labute approximate surface area is 121 Å². The third-order valence-electron chi connectivity index (χ3n) is 3.81. The second-order valence-corrected chi connectivity index (χ2v) is 6.33. The van der Waals surface area contributed by atoms with Gasteiger partial charge in [-0.05, 0) is 65.7 Å². The molecule has 19 heavy (non-hydrogen) atoms. The number of hydrogen-bond donors (Lipinski definition) is 2. The summed E-state index contributed by atoms with van der Waals surface area (Å²) in [5.74, 6) is 1.02. The number of nitrogens with two attached hydrogens (primary N) is 1. The first-order valence-electron chi connectivity index (χ1n) is 6.73. The molecule has 0 heterocycles. The molecule has 1 aromatic rings. The fraction of sp³-hybridized carbons (Fsp3) is 0.500. The lowest BCUT2D eigenvalue weighted by Gasteiger charge is -2.25. The minimum Gasteiger partial charge on any atom is -0.409 e. The smallest absolute Gasteiger partial charge is 0.171 e. The Bertz CT molecular complexity index is 509. The van der Waals surface area contributed by atoms with E-state index in [2.05, 4.69) is 38.1 Å². The molecule has 5 heteroatoms. The summed E-state index contributed by atoms with van der Waals surface area (Å²) < 4.78 is 0.877. The average Bonchev–Trinajstić information content (AvgIpc) is 3.27. The molecule has 0 aromatic heterocycles. The van der Waals surface area contributed by atoms with E-state index in [1.807, 2.05) is 6.07 Å². The highest BCUT2D eigenvalue weighted by Gasteiger charge is 2.33. The van der Waals surface area contributed by atoms with Crippen LogP contribution in [0.5, 0.6) is 0 Å². The van der Waals surface area contributed by atoms with E-state index in [0.29, 0.717) is 6.04 Å². The molecule has 4 nitrogen and oxygen atoms in total. The Balaban J connectivity index is 1.84. The lowest BCUT2D eigenvalue weighted by Crippen LogP contribution is -2.28. The average molecular weight is 324 g/mol. The van der Waals surface area contributed by atoms with Crippen LogP contribution >= 0.6 is 15.9 Å². The van der Waals surface area contributed by atoms with Gasteiger partial charge in [-0.15, -0.1) is 0 Å². The Hall–Kier alpha value is -1.23. The van der Waals surface area contributed by atoms with Crippen LogP contribution in [0.3, 0.4) is 0 Å². The van der Waals surface area contributed by atoms with Gasteiger partial charge in [0, 0.05) is 28.3 Å². The van der Waals surface area contributed by atoms with Gasteiger partial charge in [-0.3, -0.25) is 0 Å². The van der Waals surface area contributed by atoms with Crippen LogP contribution in [0.4, 0.5) is 5.69 Å². The number of oxime groups is 1. The van der Waals surface area contributed by atoms with Crippen LogP contribution in [0.2, 0.25) is 0 Å². The number of rotatable bonds is 5. The molecule has 2 fully saturated rings. The zero-order chi connectivity index (χ0) is 13.4. The number of amidine groups is 1. The highest BCUT2D eigenvalue weighted by atomic mass is 79.9. The fourth-order valence-electron chi connectivity index (χ4n) is 2.37. The lowest BCUT2D eigenvalue weighted by atomic mass is 10.1. The summed E-state index contributed by atoms with van der Waals surface area (Å²) in [6.45, 7) is 1.17. The predicted octanol–water partition coefficient (Wildman–Crippen LogP) is 2.92. The first kappa shape index (κ1) is 12.8. The third kappa shape index (κ3) is 2.86. The molecule has 0 saturated heterocycles. The van der Waals surface area contributed by atoms with Gasteiger partial charge in [0.1, 0.15) is 0 Å². The maximum Gasteiger partial charge on any atom is 0.171 e. The van der Waals surface area contributed by atoms with Gasteiger partial charge in [0.05, 0.1) is 0 Å². The largest absolute Gasteiger partial charge is 0.409 e. The van der Waals surface area contributed by atoms with Gasteiger partial charge < -0.3 is 15.8 Å². The van der Waals surface area contributed by atoms with Gasteiger partial charge in [0.15, 0.2) is 5.84 Å². The molecule has 0 radical (unpaired) electrons. The van der Waals surface area contributed by atoms with Crippen molar-refractivity contribution in [2.24, 2.45) is 16.8 Å². The number of halogens is 1. The molecule has 1 aromatic carbocycles. The van der Waals surface area contributed by atoms with Crippen molar-refractivity contribution in [1.29, 1.82) is 0 Å². The normalized spacial score (nSPS) is 19.5. The second kappa shape index (κ2) is 5.04. The SMILES string of the molecule is N/C(=N/O)c1ccc(N(CC2CC2)C2CC2)cc1Br. The Kier molecular flexibility index (Phi) is 3.39. The highest BCUT2D eigenvalue weighted by Crippen LogP contribution is 2.38. The summed E-state index contributed by atoms with van der Waals surface area (Å²) in [7, 11) is 0. The predicted molar refractivity (Wildman–Crippen MR) is 79.7 cm³/mol. The molecule has 0 spiro atoms. The van der Waals surface area contributed by atoms with Crippen molar-refractivity contribution in [3.05, 3.63) is 28.2 Å². The molecule has 0 aliphatic heterocycles. The molecular weight excluding hydrogens is 306 g/mol. The molecule has 2 aliphatic rings. The van der Waals surface area contributed by atoms with Crippen molar-refractivity contribution >= 4 is 27.5 Å². The van der Waals surface area contributed by atoms with E-state index < -0.39 is 0 Å². The maximum absolute atomic E-state index is 8.75. The van der Waals surface area contributed by atoms with Gasteiger partial charge in [0.25, 0.3) is 0 Å². The summed E-state index contributed by atoms with van der Waals surface area (Å²) in [5.41, 5.74) is 7.60. The summed E-state index contributed by atoms with van der Waals surface area (Å²) in [4.78, 5) is 2.51. The first-order valence-corrected chi connectivity index (χ1v) is 7.52. The molecule has 0 bridgehead atoms. The molecule has 3 N–H and O–H groups in total. The van der Waals surface area contributed by atoms with Crippen LogP contribution in [-0.2, 0) is 0 Å². The number of hydrogen-bond acceptors (Lipinski definition) is 3. The van der Waals surface area contributed by atoms with Crippen LogP contribution in [0.25, 0.3) is 0 Å². The summed E-state index contributed by atoms with van der Waals surface area (Å²) in [6, 6.07) is 6.77.